The van der Waals surface area contributed by atoms with Gasteiger partial charge in [-0.1, -0.05) is 0 Å². The second-order valence-corrected chi connectivity index (χ2v) is 4.53. The molecule has 0 fully saturated rings. The van der Waals surface area contributed by atoms with Gasteiger partial charge in [0.1, 0.15) is 5.69 Å². The van der Waals surface area contributed by atoms with Crippen molar-refractivity contribution in [2.75, 3.05) is 20.3 Å². The minimum absolute atomic E-state index is 0.0631. The van der Waals surface area contributed by atoms with Crippen molar-refractivity contribution in [2.24, 2.45) is 0 Å². The molecule has 1 atom stereocenters. The van der Waals surface area contributed by atoms with Crippen LogP contribution in [0.1, 0.15) is 17.4 Å². The summed E-state index contributed by atoms with van der Waals surface area (Å²) in [6, 6.07) is 2.39. The Morgan fingerprint density at radius 2 is 2.14 bits per heavy atom. The van der Waals surface area contributed by atoms with Gasteiger partial charge in [0.25, 0.3) is 11.5 Å². The number of ether oxygens (including phenoxy) is 1. The fraction of sp³-hybridized carbons (Fsp3) is 0.500. The SMILES string of the molecule is COCCn1nc(C(=O)NCC(C)(O)C(=O)O)ccc1=O. The highest BCUT2D eigenvalue weighted by molar-refractivity contribution is 5.92. The van der Waals surface area contributed by atoms with Crippen LogP contribution in [0.4, 0.5) is 0 Å². The van der Waals surface area contributed by atoms with Gasteiger partial charge in [-0.3, -0.25) is 9.59 Å². The van der Waals surface area contributed by atoms with Crippen molar-refractivity contribution in [2.45, 2.75) is 19.1 Å². The zero-order valence-corrected chi connectivity index (χ0v) is 11.7. The van der Waals surface area contributed by atoms with E-state index in [-0.39, 0.29) is 24.4 Å². The first-order valence-electron chi connectivity index (χ1n) is 6.09. The number of aliphatic hydroxyl groups is 1. The molecule has 0 bridgehead atoms. The molecule has 1 unspecified atom stereocenters. The van der Waals surface area contributed by atoms with E-state index in [1.54, 1.807) is 0 Å². The summed E-state index contributed by atoms with van der Waals surface area (Å²) in [4.78, 5) is 34.0. The van der Waals surface area contributed by atoms with Crippen LogP contribution in [0.15, 0.2) is 16.9 Å². The van der Waals surface area contributed by atoms with E-state index in [1.807, 2.05) is 0 Å². The van der Waals surface area contributed by atoms with Crippen LogP contribution >= 0.6 is 0 Å². The van der Waals surface area contributed by atoms with Crippen molar-refractivity contribution >= 4 is 11.9 Å². The predicted octanol–water partition coefficient (Wildman–Crippen LogP) is -1.54. The number of carbonyl (C=O) groups is 2. The van der Waals surface area contributed by atoms with Gasteiger partial charge in [0.15, 0.2) is 5.60 Å². The van der Waals surface area contributed by atoms with Crippen LogP contribution in [0.3, 0.4) is 0 Å². The molecule has 1 amide bonds. The minimum atomic E-state index is -2.08. The molecule has 21 heavy (non-hydrogen) atoms. The third-order valence-corrected chi connectivity index (χ3v) is 2.66. The molecular formula is C12H17N3O6. The van der Waals surface area contributed by atoms with E-state index in [0.717, 1.165) is 11.6 Å². The van der Waals surface area contributed by atoms with Crippen LogP contribution < -0.4 is 10.9 Å². The highest BCUT2D eigenvalue weighted by atomic mass is 16.5. The van der Waals surface area contributed by atoms with Gasteiger partial charge in [-0.2, -0.15) is 5.10 Å². The van der Waals surface area contributed by atoms with Gasteiger partial charge in [-0.25, -0.2) is 9.48 Å². The summed E-state index contributed by atoms with van der Waals surface area (Å²) in [5.74, 6) is -2.15. The Bertz CT molecular complexity index is 581. The Morgan fingerprint density at radius 3 is 2.71 bits per heavy atom. The minimum Gasteiger partial charge on any atom is -0.479 e. The summed E-state index contributed by atoms with van der Waals surface area (Å²) in [6.45, 7) is 1.01. The molecule has 0 spiro atoms. The Kier molecular flexibility index (Phi) is 5.56. The smallest absolute Gasteiger partial charge is 0.337 e. The molecule has 0 aliphatic rings. The fourth-order valence-electron chi connectivity index (χ4n) is 1.33. The number of nitrogens with one attached hydrogen (secondary N) is 1. The summed E-state index contributed by atoms with van der Waals surface area (Å²) < 4.78 is 5.88. The van der Waals surface area contributed by atoms with E-state index < -0.39 is 24.0 Å². The molecule has 0 radical (unpaired) electrons. The highest BCUT2D eigenvalue weighted by Gasteiger charge is 2.30. The van der Waals surface area contributed by atoms with Crippen LogP contribution in [0.5, 0.6) is 0 Å². The maximum atomic E-state index is 11.8. The number of aromatic nitrogens is 2. The first kappa shape index (κ1) is 16.8. The molecule has 1 aromatic rings. The van der Waals surface area contributed by atoms with Crippen molar-refractivity contribution in [1.82, 2.24) is 15.1 Å². The van der Waals surface area contributed by atoms with Crippen LogP contribution in [-0.2, 0) is 16.1 Å². The number of rotatable bonds is 7. The van der Waals surface area contributed by atoms with Gasteiger partial charge in [0.2, 0.25) is 0 Å². The highest BCUT2D eigenvalue weighted by Crippen LogP contribution is 2.01. The van der Waals surface area contributed by atoms with Gasteiger partial charge < -0.3 is 20.3 Å². The number of amides is 1. The molecule has 1 aromatic heterocycles. The number of nitrogens with zero attached hydrogens (tertiary/aromatic N) is 2. The lowest BCUT2D eigenvalue weighted by Gasteiger charge is -2.18. The summed E-state index contributed by atoms with van der Waals surface area (Å²) in [7, 11) is 1.47. The Balaban J connectivity index is 2.79. The molecular weight excluding hydrogens is 282 g/mol. The molecule has 0 saturated heterocycles. The summed E-state index contributed by atoms with van der Waals surface area (Å²) >= 11 is 0. The molecule has 9 nitrogen and oxygen atoms in total. The first-order valence-corrected chi connectivity index (χ1v) is 6.09. The number of methoxy groups -OCH3 is 1. The second kappa shape index (κ2) is 6.95. The lowest BCUT2D eigenvalue weighted by atomic mass is 10.1. The normalized spacial score (nSPS) is 13.5. The molecule has 3 N–H and O–H groups in total. The Labute approximate surface area is 120 Å². The number of carbonyl (C=O) groups excluding carboxylic acids is 1. The van der Waals surface area contributed by atoms with Gasteiger partial charge in [0.05, 0.1) is 19.7 Å². The average molecular weight is 299 g/mol. The van der Waals surface area contributed by atoms with Gasteiger partial charge in [-0.15, -0.1) is 0 Å². The molecule has 1 heterocycles. The van der Waals surface area contributed by atoms with E-state index in [4.69, 9.17) is 9.84 Å². The largest absolute Gasteiger partial charge is 0.479 e. The zero-order valence-electron chi connectivity index (χ0n) is 11.7. The number of hydrogen-bond acceptors (Lipinski definition) is 6. The third kappa shape index (κ3) is 4.65. The maximum Gasteiger partial charge on any atom is 0.337 e. The maximum absolute atomic E-state index is 11.8. The van der Waals surface area contributed by atoms with E-state index >= 15 is 0 Å². The molecule has 1 rings (SSSR count). The number of carboxylic acids is 1. The lowest BCUT2D eigenvalue weighted by molar-refractivity contribution is -0.155. The summed E-state index contributed by atoms with van der Waals surface area (Å²) in [5.41, 5.74) is -2.53. The molecule has 0 aromatic carbocycles. The van der Waals surface area contributed by atoms with Crippen LogP contribution in [0, 0.1) is 0 Å². The molecule has 0 aliphatic heterocycles. The third-order valence-electron chi connectivity index (χ3n) is 2.66. The Morgan fingerprint density at radius 1 is 1.48 bits per heavy atom. The molecule has 0 aliphatic carbocycles. The first-order chi connectivity index (χ1) is 9.77. The van der Waals surface area contributed by atoms with Crippen molar-refractivity contribution < 1.29 is 24.5 Å². The van der Waals surface area contributed by atoms with Crippen molar-refractivity contribution in [1.29, 1.82) is 0 Å². The van der Waals surface area contributed by atoms with E-state index in [9.17, 15) is 19.5 Å². The zero-order chi connectivity index (χ0) is 16.0. The van der Waals surface area contributed by atoms with Crippen molar-refractivity contribution in [3.63, 3.8) is 0 Å². The molecule has 9 heteroatoms. The van der Waals surface area contributed by atoms with Crippen LogP contribution in [-0.4, -0.2) is 57.7 Å². The summed E-state index contributed by atoms with van der Waals surface area (Å²) in [6.07, 6.45) is 0. The number of hydrogen-bond donors (Lipinski definition) is 3. The molecule has 116 valence electrons. The van der Waals surface area contributed by atoms with Gasteiger partial charge in [0, 0.05) is 13.2 Å². The fourth-order valence-corrected chi connectivity index (χ4v) is 1.33. The van der Waals surface area contributed by atoms with Crippen LogP contribution in [0.2, 0.25) is 0 Å². The van der Waals surface area contributed by atoms with E-state index in [0.29, 0.717) is 0 Å². The second-order valence-electron chi connectivity index (χ2n) is 4.53. The number of carboxylic acid groups (broad SMARTS) is 1. The predicted molar refractivity (Wildman–Crippen MR) is 71.0 cm³/mol. The standard InChI is InChI=1S/C12H17N3O6/c1-12(20,11(18)19)7-13-10(17)8-3-4-9(16)15(14-8)5-6-21-2/h3-4,20H,5-7H2,1-2H3,(H,13,17)(H,18,19). The topological polar surface area (TPSA) is 131 Å². The average Bonchev–Trinajstić information content (AvgIpc) is 2.43. The van der Waals surface area contributed by atoms with E-state index in [2.05, 4.69) is 10.4 Å². The lowest BCUT2D eigenvalue weighted by Crippen LogP contribution is -2.46. The quantitative estimate of drug-likeness (QED) is 0.555. The molecule has 0 saturated carbocycles. The van der Waals surface area contributed by atoms with Gasteiger partial charge in [-0.05, 0) is 13.0 Å². The summed E-state index contributed by atoms with van der Waals surface area (Å²) in [5, 5.41) is 24.3. The van der Waals surface area contributed by atoms with Crippen molar-refractivity contribution in [3.8, 4) is 0 Å². The monoisotopic (exact) mass is 299 g/mol. The van der Waals surface area contributed by atoms with E-state index in [1.165, 1.54) is 19.2 Å². The van der Waals surface area contributed by atoms with Crippen LogP contribution in [0.25, 0.3) is 0 Å². The van der Waals surface area contributed by atoms with Gasteiger partial charge >= 0.3 is 5.97 Å². The number of aliphatic carboxylic acids is 1. The Hall–Kier alpha value is -2.26. The van der Waals surface area contributed by atoms with Crippen molar-refractivity contribution in [3.05, 3.63) is 28.2 Å².